The van der Waals surface area contributed by atoms with Crippen molar-refractivity contribution in [2.24, 2.45) is 0 Å². The molecule has 140 valence electrons. The predicted molar refractivity (Wildman–Crippen MR) is 110 cm³/mol. The quantitative estimate of drug-likeness (QED) is 0.575. The molecule has 0 unspecified atom stereocenters. The number of carbonyl (C=O) groups excluding carboxylic acids is 1. The molecular formula is C21H24N4OS. The molecule has 2 N–H and O–H groups in total. The van der Waals surface area contributed by atoms with Crippen LogP contribution in [0.4, 0.5) is 5.69 Å². The summed E-state index contributed by atoms with van der Waals surface area (Å²) in [7, 11) is 0. The number of rotatable bonds is 7. The molecule has 0 saturated heterocycles. The molecule has 0 bridgehead atoms. The van der Waals surface area contributed by atoms with Crippen LogP contribution >= 0.6 is 11.8 Å². The van der Waals surface area contributed by atoms with Crippen LogP contribution in [-0.4, -0.2) is 21.1 Å². The van der Waals surface area contributed by atoms with Crippen molar-refractivity contribution in [1.29, 1.82) is 0 Å². The lowest BCUT2D eigenvalue weighted by Gasteiger charge is -2.17. The van der Waals surface area contributed by atoms with E-state index >= 15 is 0 Å². The van der Waals surface area contributed by atoms with Gasteiger partial charge in [0, 0.05) is 12.1 Å². The summed E-state index contributed by atoms with van der Waals surface area (Å²) in [6.45, 7) is 6.10. The number of anilines is 1. The van der Waals surface area contributed by atoms with Crippen LogP contribution in [0, 0.1) is 13.8 Å². The summed E-state index contributed by atoms with van der Waals surface area (Å²) in [6, 6.07) is 15.8. The predicted octanol–water partition coefficient (Wildman–Crippen LogP) is 4.85. The molecule has 0 fully saturated rings. The van der Waals surface area contributed by atoms with Gasteiger partial charge in [-0.1, -0.05) is 61.2 Å². The van der Waals surface area contributed by atoms with Crippen LogP contribution in [0.3, 0.4) is 0 Å². The van der Waals surface area contributed by atoms with E-state index in [4.69, 9.17) is 0 Å². The van der Waals surface area contributed by atoms with Gasteiger partial charge < -0.3 is 5.32 Å². The monoisotopic (exact) mass is 380 g/mol. The SMILES string of the molecule is CCCc1nc(S[C@@H](C(=O)Nc2cc(C)ccc2C)c2ccccc2)n[nH]1. The molecule has 0 spiro atoms. The number of aromatic amines is 1. The zero-order valence-electron chi connectivity index (χ0n) is 15.8. The lowest BCUT2D eigenvalue weighted by molar-refractivity contribution is -0.115. The summed E-state index contributed by atoms with van der Waals surface area (Å²) < 4.78 is 0. The van der Waals surface area contributed by atoms with Crippen molar-refractivity contribution >= 4 is 23.4 Å². The smallest absolute Gasteiger partial charge is 0.242 e. The largest absolute Gasteiger partial charge is 0.325 e. The maximum Gasteiger partial charge on any atom is 0.242 e. The van der Waals surface area contributed by atoms with Crippen molar-refractivity contribution < 1.29 is 4.79 Å². The molecule has 0 aliphatic heterocycles. The first-order chi connectivity index (χ1) is 13.1. The topological polar surface area (TPSA) is 70.7 Å². The summed E-state index contributed by atoms with van der Waals surface area (Å²) in [5.74, 6) is 0.767. The van der Waals surface area contributed by atoms with E-state index < -0.39 is 5.25 Å². The normalized spacial score (nSPS) is 12.0. The fourth-order valence-electron chi connectivity index (χ4n) is 2.75. The van der Waals surface area contributed by atoms with Gasteiger partial charge in [-0.15, -0.1) is 5.10 Å². The van der Waals surface area contributed by atoms with Crippen LogP contribution in [0.5, 0.6) is 0 Å². The molecule has 27 heavy (non-hydrogen) atoms. The minimum absolute atomic E-state index is 0.0817. The summed E-state index contributed by atoms with van der Waals surface area (Å²) in [6.07, 6.45) is 1.84. The van der Waals surface area contributed by atoms with E-state index in [9.17, 15) is 4.79 Å². The van der Waals surface area contributed by atoms with Crippen molar-refractivity contribution in [2.75, 3.05) is 5.32 Å². The van der Waals surface area contributed by atoms with Crippen LogP contribution in [0.1, 0.15) is 41.1 Å². The molecule has 6 heteroatoms. The highest BCUT2D eigenvalue weighted by Crippen LogP contribution is 2.34. The Kier molecular flexibility index (Phi) is 6.29. The van der Waals surface area contributed by atoms with Gasteiger partial charge in [-0.05, 0) is 43.0 Å². The summed E-state index contributed by atoms with van der Waals surface area (Å²) in [5, 5.41) is 10.5. The van der Waals surface area contributed by atoms with E-state index in [0.717, 1.165) is 41.0 Å². The van der Waals surface area contributed by atoms with Crippen molar-refractivity contribution in [3.05, 3.63) is 71.0 Å². The van der Waals surface area contributed by atoms with Gasteiger partial charge in [-0.3, -0.25) is 9.89 Å². The van der Waals surface area contributed by atoms with E-state index in [2.05, 4.69) is 27.4 Å². The van der Waals surface area contributed by atoms with E-state index in [1.165, 1.54) is 11.8 Å². The molecule has 0 radical (unpaired) electrons. The van der Waals surface area contributed by atoms with E-state index in [1.807, 2.05) is 62.4 Å². The maximum atomic E-state index is 13.1. The third kappa shape index (κ3) is 4.98. The molecule has 1 aromatic heterocycles. The minimum Gasteiger partial charge on any atom is -0.325 e. The van der Waals surface area contributed by atoms with Crippen LogP contribution < -0.4 is 5.32 Å². The molecule has 1 amide bonds. The van der Waals surface area contributed by atoms with Gasteiger partial charge in [0.25, 0.3) is 0 Å². The Labute approximate surface area is 164 Å². The van der Waals surface area contributed by atoms with Gasteiger partial charge in [0.2, 0.25) is 11.1 Å². The van der Waals surface area contributed by atoms with E-state index in [1.54, 1.807) is 0 Å². The average molecular weight is 381 g/mol. The zero-order chi connectivity index (χ0) is 19.2. The Morgan fingerprint density at radius 3 is 2.70 bits per heavy atom. The summed E-state index contributed by atoms with van der Waals surface area (Å²) >= 11 is 1.36. The Balaban J connectivity index is 1.85. The van der Waals surface area contributed by atoms with E-state index in [-0.39, 0.29) is 5.91 Å². The highest BCUT2D eigenvalue weighted by molar-refractivity contribution is 8.00. The van der Waals surface area contributed by atoms with Gasteiger partial charge in [-0.2, -0.15) is 0 Å². The second kappa shape index (κ2) is 8.86. The number of aromatic nitrogens is 3. The standard InChI is InChI=1S/C21H24N4OS/c1-4-8-18-23-21(25-24-18)27-19(16-9-6-5-7-10-16)20(26)22-17-13-14(2)11-12-15(17)3/h5-7,9-13,19H,4,8H2,1-3H3,(H,22,26)(H,23,24,25)/t19-/m1/s1. The van der Waals surface area contributed by atoms with E-state index in [0.29, 0.717) is 5.16 Å². The Bertz CT molecular complexity index is 908. The number of nitrogens with zero attached hydrogens (tertiary/aromatic N) is 2. The highest BCUT2D eigenvalue weighted by atomic mass is 32.2. The molecule has 1 heterocycles. The molecule has 0 saturated carbocycles. The van der Waals surface area contributed by atoms with Gasteiger partial charge in [-0.25, -0.2) is 4.98 Å². The van der Waals surface area contributed by atoms with Crippen molar-refractivity contribution in [3.63, 3.8) is 0 Å². The van der Waals surface area contributed by atoms with Crippen molar-refractivity contribution in [2.45, 2.75) is 44.0 Å². The number of carbonyl (C=O) groups is 1. The fraction of sp³-hybridized carbons (Fsp3) is 0.286. The van der Waals surface area contributed by atoms with Gasteiger partial charge in [0.15, 0.2) is 0 Å². The van der Waals surface area contributed by atoms with Crippen LogP contribution in [0.15, 0.2) is 53.7 Å². The lowest BCUT2D eigenvalue weighted by Crippen LogP contribution is -2.19. The molecule has 1 atom stereocenters. The maximum absolute atomic E-state index is 13.1. The highest BCUT2D eigenvalue weighted by Gasteiger charge is 2.24. The summed E-state index contributed by atoms with van der Waals surface area (Å²) in [4.78, 5) is 17.6. The first-order valence-corrected chi connectivity index (χ1v) is 9.95. The van der Waals surface area contributed by atoms with Gasteiger partial charge >= 0.3 is 0 Å². The second-order valence-electron chi connectivity index (χ2n) is 6.53. The Morgan fingerprint density at radius 2 is 1.96 bits per heavy atom. The zero-order valence-corrected chi connectivity index (χ0v) is 16.6. The summed E-state index contributed by atoms with van der Waals surface area (Å²) in [5.41, 5.74) is 3.90. The lowest BCUT2D eigenvalue weighted by atomic mass is 10.1. The first kappa shape index (κ1) is 19.2. The van der Waals surface area contributed by atoms with Crippen LogP contribution in [0.2, 0.25) is 0 Å². The average Bonchev–Trinajstić information content (AvgIpc) is 3.11. The second-order valence-corrected chi connectivity index (χ2v) is 7.60. The fourth-order valence-corrected chi connectivity index (χ4v) is 3.69. The number of hydrogen-bond acceptors (Lipinski definition) is 4. The number of nitrogens with one attached hydrogen (secondary N) is 2. The Hall–Kier alpha value is -2.60. The number of amides is 1. The Morgan fingerprint density at radius 1 is 1.19 bits per heavy atom. The third-order valence-corrected chi connectivity index (χ3v) is 5.33. The molecule has 3 aromatic rings. The molecular weight excluding hydrogens is 356 g/mol. The molecule has 0 aliphatic carbocycles. The third-order valence-electron chi connectivity index (χ3n) is 4.21. The minimum atomic E-state index is -0.434. The first-order valence-electron chi connectivity index (χ1n) is 9.08. The number of thioether (sulfide) groups is 1. The van der Waals surface area contributed by atoms with Gasteiger partial charge in [0.1, 0.15) is 11.1 Å². The van der Waals surface area contributed by atoms with Crippen LogP contribution in [-0.2, 0) is 11.2 Å². The number of H-pyrrole nitrogens is 1. The van der Waals surface area contributed by atoms with Crippen molar-refractivity contribution in [1.82, 2.24) is 15.2 Å². The molecule has 5 nitrogen and oxygen atoms in total. The molecule has 3 rings (SSSR count). The van der Waals surface area contributed by atoms with Crippen molar-refractivity contribution in [3.8, 4) is 0 Å². The number of benzene rings is 2. The van der Waals surface area contributed by atoms with Crippen LogP contribution in [0.25, 0.3) is 0 Å². The molecule has 0 aliphatic rings. The van der Waals surface area contributed by atoms with Gasteiger partial charge in [0.05, 0.1) is 0 Å². The molecule has 2 aromatic carbocycles. The number of aryl methyl sites for hydroxylation is 3. The number of hydrogen-bond donors (Lipinski definition) is 2.